The molecule has 1 saturated heterocycles. The van der Waals surface area contributed by atoms with E-state index in [1.165, 1.54) is 12.1 Å². The number of carbonyl (C=O) groups excluding carboxylic acids is 2. The lowest BCUT2D eigenvalue weighted by Gasteiger charge is -2.31. The molecule has 2 amide bonds. The summed E-state index contributed by atoms with van der Waals surface area (Å²) in [5, 5.41) is 8.82. The molecule has 2 heterocycles. The van der Waals surface area contributed by atoms with Crippen molar-refractivity contribution in [2.75, 3.05) is 19.7 Å². The van der Waals surface area contributed by atoms with Crippen molar-refractivity contribution in [2.24, 2.45) is 0 Å². The molecule has 1 fully saturated rings. The van der Waals surface area contributed by atoms with Crippen LogP contribution in [0.1, 0.15) is 43.1 Å². The molecule has 2 rings (SSSR count). The molecular formula is C15H22N4O4. The molecule has 1 aliphatic heterocycles. The van der Waals surface area contributed by atoms with Crippen LogP contribution in [0.2, 0.25) is 0 Å². The zero-order valence-corrected chi connectivity index (χ0v) is 13.2. The van der Waals surface area contributed by atoms with Crippen LogP contribution in [0, 0.1) is 0 Å². The number of likely N-dealkylation sites (tertiary alicyclic amines) is 1. The maximum atomic E-state index is 12.2. The Kier molecular flexibility index (Phi) is 6.13. The molecule has 126 valence electrons. The minimum absolute atomic E-state index is 0.0108. The summed E-state index contributed by atoms with van der Waals surface area (Å²) in [6, 6.07) is 2.70. The third-order valence-corrected chi connectivity index (χ3v) is 3.73. The number of nitrogens with zero attached hydrogens (tertiary/aromatic N) is 2. The van der Waals surface area contributed by atoms with Crippen molar-refractivity contribution in [3.8, 4) is 0 Å². The number of amides is 2. The van der Waals surface area contributed by atoms with Gasteiger partial charge in [-0.3, -0.25) is 9.59 Å². The minimum Gasteiger partial charge on any atom is -0.450 e. The Morgan fingerprint density at radius 2 is 2.13 bits per heavy atom. The van der Waals surface area contributed by atoms with E-state index >= 15 is 0 Å². The van der Waals surface area contributed by atoms with Crippen molar-refractivity contribution >= 4 is 12.0 Å². The highest BCUT2D eigenvalue weighted by molar-refractivity contribution is 5.92. The molecule has 23 heavy (non-hydrogen) atoms. The first-order valence-electron chi connectivity index (χ1n) is 7.88. The first-order valence-corrected chi connectivity index (χ1v) is 7.88. The number of aromatic amines is 1. The van der Waals surface area contributed by atoms with Gasteiger partial charge in [0.15, 0.2) is 0 Å². The molecule has 0 unspecified atom stereocenters. The number of hydrogen-bond donors (Lipinski definition) is 2. The third kappa shape index (κ3) is 5.08. The number of hydrogen-bond acceptors (Lipinski definition) is 5. The number of H-pyrrole nitrogens is 1. The second kappa shape index (κ2) is 8.30. The third-order valence-electron chi connectivity index (χ3n) is 3.73. The Morgan fingerprint density at radius 3 is 2.74 bits per heavy atom. The first-order chi connectivity index (χ1) is 11.1. The molecule has 8 heteroatoms. The highest BCUT2D eigenvalue weighted by Crippen LogP contribution is 2.13. The van der Waals surface area contributed by atoms with Crippen LogP contribution in [0.3, 0.4) is 0 Å². The van der Waals surface area contributed by atoms with Gasteiger partial charge in [0.25, 0.3) is 11.5 Å². The average Bonchev–Trinajstić information content (AvgIpc) is 2.56. The molecule has 1 aliphatic rings. The standard InChI is InChI=1S/C15H22N4O4/c1-2-3-10-23-15(22)16-11-6-8-19(9-7-11)14(21)12-4-5-13(20)18-17-12/h4-5,11H,2-3,6-10H2,1H3,(H,16,22)(H,18,20). The predicted molar refractivity (Wildman–Crippen MR) is 83.2 cm³/mol. The fraction of sp³-hybridized carbons (Fsp3) is 0.600. The fourth-order valence-corrected chi connectivity index (χ4v) is 2.37. The van der Waals surface area contributed by atoms with Gasteiger partial charge in [0, 0.05) is 25.2 Å². The quantitative estimate of drug-likeness (QED) is 0.784. The molecule has 1 aromatic heterocycles. The van der Waals surface area contributed by atoms with Crippen molar-refractivity contribution in [3.05, 3.63) is 28.2 Å². The first kappa shape index (κ1) is 17.0. The molecule has 0 radical (unpaired) electrons. The molecule has 0 bridgehead atoms. The lowest BCUT2D eigenvalue weighted by atomic mass is 10.0. The van der Waals surface area contributed by atoms with Gasteiger partial charge < -0.3 is 15.0 Å². The molecule has 0 saturated carbocycles. The Hall–Kier alpha value is -2.38. The maximum absolute atomic E-state index is 12.2. The van der Waals surface area contributed by atoms with Crippen molar-refractivity contribution in [3.63, 3.8) is 0 Å². The van der Waals surface area contributed by atoms with Crippen LogP contribution in [0.25, 0.3) is 0 Å². The van der Waals surface area contributed by atoms with E-state index in [0.29, 0.717) is 32.5 Å². The predicted octanol–water partition coefficient (Wildman–Crippen LogP) is 0.901. The zero-order chi connectivity index (χ0) is 16.7. The van der Waals surface area contributed by atoms with Crippen LogP contribution in [-0.2, 0) is 4.74 Å². The van der Waals surface area contributed by atoms with E-state index in [1.54, 1.807) is 4.90 Å². The van der Waals surface area contributed by atoms with E-state index in [4.69, 9.17) is 4.74 Å². The molecule has 0 aromatic carbocycles. The van der Waals surface area contributed by atoms with Gasteiger partial charge in [0.1, 0.15) is 5.69 Å². The molecular weight excluding hydrogens is 300 g/mol. The van der Waals surface area contributed by atoms with Gasteiger partial charge in [0.2, 0.25) is 0 Å². The van der Waals surface area contributed by atoms with Gasteiger partial charge in [-0.1, -0.05) is 13.3 Å². The SMILES string of the molecule is CCCCOC(=O)NC1CCN(C(=O)c2ccc(=O)[nH]n2)CC1. The summed E-state index contributed by atoms with van der Waals surface area (Å²) in [5.74, 6) is -0.217. The Labute approximate surface area is 134 Å². The van der Waals surface area contributed by atoms with Gasteiger partial charge in [-0.25, -0.2) is 9.89 Å². The van der Waals surface area contributed by atoms with Crippen molar-refractivity contribution in [2.45, 2.75) is 38.6 Å². The smallest absolute Gasteiger partial charge is 0.407 e. The van der Waals surface area contributed by atoms with Gasteiger partial charge in [-0.05, 0) is 25.3 Å². The van der Waals surface area contributed by atoms with Crippen molar-refractivity contribution < 1.29 is 14.3 Å². The highest BCUT2D eigenvalue weighted by atomic mass is 16.5. The van der Waals surface area contributed by atoms with Gasteiger partial charge in [-0.15, -0.1) is 0 Å². The van der Waals surface area contributed by atoms with E-state index in [-0.39, 0.29) is 23.2 Å². The van der Waals surface area contributed by atoms with Crippen LogP contribution < -0.4 is 10.9 Å². The summed E-state index contributed by atoms with van der Waals surface area (Å²) < 4.78 is 5.07. The van der Waals surface area contributed by atoms with E-state index in [2.05, 4.69) is 15.5 Å². The summed E-state index contributed by atoms with van der Waals surface area (Å²) in [5.41, 5.74) is -0.124. The number of nitrogens with one attached hydrogen (secondary N) is 2. The molecule has 0 spiro atoms. The van der Waals surface area contributed by atoms with E-state index in [1.807, 2.05) is 6.92 Å². The van der Waals surface area contributed by atoms with Crippen LogP contribution >= 0.6 is 0 Å². The Bertz CT molecular complexity index is 573. The van der Waals surface area contributed by atoms with Crippen molar-refractivity contribution in [1.29, 1.82) is 0 Å². The van der Waals surface area contributed by atoms with Crippen LogP contribution in [0.5, 0.6) is 0 Å². The largest absolute Gasteiger partial charge is 0.450 e. The number of unbranched alkanes of at least 4 members (excludes halogenated alkanes) is 1. The summed E-state index contributed by atoms with van der Waals surface area (Å²) in [7, 11) is 0. The number of piperidine rings is 1. The molecule has 1 aromatic rings. The molecule has 0 aliphatic carbocycles. The molecule has 0 atom stereocenters. The second-order valence-corrected chi connectivity index (χ2v) is 5.51. The van der Waals surface area contributed by atoms with Crippen LogP contribution in [-0.4, -0.2) is 52.8 Å². The van der Waals surface area contributed by atoms with Crippen LogP contribution in [0.4, 0.5) is 4.79 Å². The van der Waals surface area contributed by atoms with E-state index in [9.17, 15) is 14.4 Å². The monoisotopic (exact) mass is 322 g/mol. The molecule has 8 nitrogen and oxygen atoms in total. The lowest BCUT2D eigenvalue weighted by molar-refractivity contribution is 0.0694. The van der Waals surface area contributed by atoms with Gasteiger partial charge in [-0.2, -0.15) is 5.10 Å². The normalized spacial score (nSPS) is 15.3. The van der Waals surface area contributed by atoms with Crippen LogP contribution in [0.15, 0.2) is 16.9 Å². The Balaban J connectivity index is 1.77. The number of ether oxygens (including phenoxy) is 1. The number of rotatable bonds is 5. The minimum atomic E-state index is -0.398. The van der Waals surface area contributed by atoms with E-state index < -0.39 is 6.09 Å². The lowest BCUT2D eigenvalue weighted by Crippen LogP contribution is -2.47. The summed E-state index contributed by atoms with van der Waals surface area (Å²) in [6.45, 7) is 3.52. The topological polar surface area (TPSA) is 104 Å². The number of aromatic nitrogens is 2. The maximum Gasteiger partial charge on any atom is 0.407 e. The molecule has 2 N–H and O–H groups in total. The highest BCUT2D eigenvalue weighted by Gasteiger charge is 2.25. The average molecular weight is 322 g/mol. The van der Waals surface area contributed by atoms with Gasteiger partial charge in [0.05, 0.1) is 6.61 Å². The fourth-order valence-electron chi connectivity index (χ4n) is 2.37. The number of alkyl carbamates (subject to hydrolysis) is 1. The second-order valence-electron chi connectivity index (χ2n) is 5.51. The summed E-state index contributed by atoms with van der Waals surface area (Å²) in [6.07, 6.45) is 2.76. The summed E-state index contributed by atoms with van der Waals surface area (Å²) >= 11 is 0. The summed E-state index contributed by atoms with van der Waals surface area (Å²) in [4.78, 5) is 36.5. The Morgan fingerprint density at radius 1 is 1.39 bits per heavy atom. The zero-order valence-electron chi connectivity index (χ0n) is 13.2. The van der Waals surface area contributed by atoms with E-state index in [0.717, 1.165) is 12.8 Å². The van der Waals surface area contributed by atoms with Gasteiger partial charge >= 0.3 is 6.09 Å². The number of carbonyl (C=O) groups is 2. The van der Waals surface area contributed by atoms with Crippen molar-refractivity contribution in [1.82, 2.24) is 20.4 Å².